The van der Waals surface area contributed by atoms with Gasteiger partial charge in [0.15, 0.2) is 0 Å². The molecule has 0 saturated carbocycles. The highest BCUT2D eigenvalue weighted by atomic mass is 35.5. The molecule has 0 bridgehead atoms. The fourth-order valence-electron chi connectivity index (χ4n) is 1.39. The highest BCUT2D eigenvalue weighted by Gasteiger charge is 2.05. The zero-order chi connectivity index (χ0) is 10.1. The third kappa shape index (κ3) is 1.63. The maximum absolute atomic E-state index is 5.87. The van der Waals surface area contributed by atoms with Crippen molar-refractivity contribution in [2.75, 3.05) is 0 Å². The van der Waals surface area contributed by atoms with E-state index >= 15 is 0 Å². The van der Waals surface area contributed by atoms with Crippen molar-refractivity contribution < 1.29 is 0 Å². The quantitative estimate of drug-likeness (QED) is 0.719. The number of benzene rings is 1. The number of hydrogen-bond acceptors (Lipinski definition) is 2. The van der Waals surface area contributed by atoms with E-state index in [0.717, 1.165) is 21.8 Å². The Kier molecular flexibility index (Phi) is 2.25. The van der Waals surface area contributed by atoms with Crippen LogP contribution in [0, 0.1) is 6.92 Å². The zero-order valence-corrected chi connectivity index (χ0v) is 8.78. The molecule has 72 valence electrons. The Labute approximate surface area is 87.3 Å². The molecule has 2 aromatic rings. The second kappa shape index (κ2) is 3.42. The summed E-state index contributed by atoms with van der Waals surface area (Å²) in [6.45, 7) is 2.01. The lowest BCUT2D eigenvalue weighted by Gasteiger charge is -2.01. The Morgan fingerprint density at radius 3 is 2.71 bits per heavy atom. The van der Waals surface area contributed by atoms with Gasteiger partial charge >= 0.3 is 0 Å². The van der Waals surface area contributed by atoms with Gasteiger partial charge in [0.2, 0.25) is 0 Å². The van der Waals surface area contributed by atoms with E-state index in [1.807, 2.05) is 38.4 Å². The van der Waals surface area contributed by atoms with Gasteiger partial charge in [0.1, 0.15) is 5.69 Å². The predicted molar refractivity (Wildman–Crippen MR) is 56.2 cm³/mol. The molecule has 0 aliphatic rings. The van der Waals surface area contributed by atoms with Crippen LogP contribution in [0.5, 0.6) is 0 Å². The number of halogens is 1. The van der Waals surface area contributed by atoms with Crippen LogP contribution in [-0.4, -0.2) is 15.0 Å². The molecular weight excluding hydrogens is 198 g/mol. The van der Waals surface area contributed by atoms with Crippen LogP contribution in [0.15, 0.2) is 24.4 Å². The lowest BCUT2D eigenvalue weighted by molar-refractivity contribution is 0.715. The van der Waals surface area contributed by atoms with Crippen molar-refractivity contribution in [3.63, 3.8) is 0 Å². The van der Waals surface area contributed by atoms with E-state index in [-0.39, 0.29) is 0 Å². The van der Waals surface area contributed by atoms with Gasteiger partial charge in [-0.3, -0.25) is 4.68 Å². The van der Waals surface area contributed by atoms with Crippen molar-refractivity contribution in [1.29, 1.82) is 0 Å². The Balaban J connectivity index is 2.52. The van der Waals surface area contributed by atoms with E-state index in [9.17, 15) is 0 Å². The van der Waals surface area contributed by atoms with E-state index in [0.29, 0.717) is 0 Å². The number of nitrogens with zero attached hydrogens (tertiary/aromatic N) is 3. The summed E-state index contributed by atoms with van der Waals surface area (Å²) >= 11 is 5.87. The van der Waals surface area contributed by atoms with Gasteiger partial charge in [0.05, 0.1) is 6.20 Å². The van der Waals surface area contributed by atoms with Crippen molar-refractivity contribution >= 4 is 11.6 Å². The Hall–Kier alpha value is -1.35. The zero-order valence-electron chi connectivity index (χ0n) is 8.03. The first kappa shape index (κ1) is 9.21. The average molecular weight is 208 g/mol. The van der Waals surface area contributed by atoms with Gasteiger partial charge in [-0.25, -0.2) is 0 Å². The summed E-state index contributed by atoms with van der Waals surface area (Å²) in [5.41, 5.74) is 3.06. The second-order valence-electron chi connectivity index (χ2n) is 3.24. The SMILES string of the molecule is Cc1cc(Cl)ccc1-c1cn(C)nn1. The Bertz CT molecular complexity index is 462. The molecule has 14 heavy (non-hydrogen) atoms. The summed E-state index contributed by atoms with van der Waals surface area (Å²) in [5.74, 6) is 0. The summed E-state index contributed by atoms with van der Waals surface area (Å²) < 4.78 is 1.68. The molecule has 0 unspecified atom stereocenters. The first-order chi connectivity index (χ1) is 6.66. The lowest BCUT2D eigenvalue weighted by atomic mass is 10.1. The second-order valence-corrected chi connectivity index (χ2v) is 3.67. The molecule has 4 heteroatoms. The molecule has 0 fully saturated rings. The fraction of sp³-hybridized carbons (Fsp3) is 0.200. The van der Waals surface area contributed by atoms with Crippen molar-refractivity contribution in [1.82, 2.24) is 15.0 Å². The maximum atomic E-state index is 5.87. The van der Waals surface area contributed by atoms with Crippen LogP contribution < -0.4 is 0 Å². The number of aromatic nitrogens is 3. The van der Waals surface area contributed by atoms with E-state index in [1.165, 1.54) is 0 Å². The largest absolute Gasteiger partial charge is 0.255 e. The summed E-state index contributed by atoms with van der Waals surface area (Å²) in [6.07, 6.45) is 1.89. The lowest BCUT2D eigenvalue weighted by Crippen LogP contribution is -1.85. The van der Waals surface area contributed by atoms with Gasteiger partial charge in [-0.1, -0.05) is 22.9 Å². The normalized spacial score (nSPS) is 10.5. The van der Waals surface area contributed by atoms with Crippen LogP contribution in [0.25, 0.3) is 11.3 Å². The van der Waals surface area contributed by atoms with Crippen molar-refractivity contribution in [2.45, 2.75) is 6.92 Å². The molecule has 0 spiro atoms. The predicted octanol–water partition coefficient (Wildman–Crippen LogP) is 2.44. The molecule has 0 aliphatic carbocycles. The molecule has 2 rings (SSSR count). The third-order valence-corrected chi connectivity index (χ3v) is 2.30. The van der Waals surface area contributed by atoms with Crippen LogP contribution in [0.4, 0.5) is 0 Å². The average Bonchev–Trinajstić information content (AvgIpc) is 2.51. The topological polar surface area (TPSA) is 30.7 Å². The molecule has 0 N–H and O–H groups in total. The van der Waals surface area contributed by atoms with E-state index in [2.05, 4.69) is 10.3 Å². The minimum Gasteiger partial charge on any atom is -0.255 e. The number of aryl methyl sites for hydroxylation is 2. The molecule has 0 atom stereocenters. The highest BCUT2D eigenvalue weighted by molar-refractivity contribution is 6.30. The van der Waals surface area contributed by atoms with Gasteiger partial charge in [-0.05, 0) is 24.6 Å². The monoisotopic (exact) mass is 207 g/mol. The minimum absolute atomic E-state index is 0.746. The Morgan fingerprint density at radius 2 is 2.14 bits per heavy atom. The number of rotatable bonds is 1. The maximum Gasteiger partial charge on any atom is 0.113 e. The molecule has 0 saturated heterocycles. The molecule has 0 radical (unpaired) electrons. The highest BCUT2D eigenvalue weighted by Crippen LogP contribution is 2.23. The minimum atomic E-state index is 0.746. The van der Waals surface area contributed by atoms with Crippen LogP contribution in [0.3, 0.4) is 0 Å². The molecule has 1 aromatic carbocycles. The van der Waals surface area contributed by atoms with Gasteiger partial charge < -0.3 is 0 Å². The summed E-state index contributed by atoms with van der Waals surface area (Å²) in [5, 5.41) is 8.68. The molecule has 1 aromatic heterocycles. The fourth-order valence-corrected chi connectivity index (χ4v) is 1.61. The van der Waals surface area contributed by atoms with E-state index < -0.39 is 0 Å². The van der Waals surface area contributed by atoms with Crippen LogP contribution in [0.1, 0.15) is 5.56 Å². The van der Waals surface area contributed by atoms with E-state index in [4.69, 9.17) is 11.6 Å². The van der Waals surface area contributed by atoms with Crippen molar-refractivity contribution in [3.05, 3.63) is 35.0 Å². The molecule has 3 nitrogen and oxygen atoms in total. The van der Waals surface area contributed by atoms with Gasteiger partial charge in [-0.15, -0.1) is 5.10 Å². The third-order valence-electron chi connectivity index (χ3n) is 2.07. The first-order valence-corrected chi connectivity index (χ1v) is 4.67. The number of hydrogen-bond donors (Lipinski definition) is 0. The summed E-state index contributed by atoms with van der Waals surface area (Å²) in [4.78, 5) is 0. The van der Waals surface area contributed by atoms with Crippen LogP contribution >= 0.6 is 11.6 Å². The van der Waals surface area contributed by atoms with Crippen molar-refractivity contribution in [3.8, 4) is 11.3 Å². The summed E-state index contributed by atoms with van der Waals surface area (Å²) in [7, 11) is 1.85. The molecular formula is C10H10ClN3. The molecule has 1 heterocycles. The van der Waals surface area contributed by atoms with Gasteiger partial charge in [0, 0.05) is 17.6 Å². The van der Waals surface area contributed by atoms with Crippen molar-refractivity contribution in [2.24, 2.45) is 7.05 Å². The van der Waals surface area contributed by atoms with E-state index in [1.54, 1.807) is 4.68 Å². The van der Waals surface area contributed by atoms with Gasteiger partial charge in [0.25, 0.3) is 0 Å². The smallest absolute Gasteiger partial charge is 0.113 e. The molecule has 0 aliphatic heterocycles. The summed E-state index contributed by atoms with van der Waals surface area (Å²) in [6, 6.07) is 5.74. The van der Waals surface area contributed by atoms with Gasteiger partial charge in [-0.2, -0.15) is 0 Å². The molecule has 0 amide bonds. The van der Waals surface area contributed by atoms with Crippen LogP contribution in [-0.2, 0) is 7.05 Å². The first-order valence-electron chi connectivity index (χ1n) is 4.29. The van der Waals surface area contributed by atoms with Crippen LogP contribution in [0.2, 0.25) is 5.02 Å². The Morgan fingerprint density at radius 1 is 1.36 bits per heavy atom. The standard InChI is InChI=1S/C10H10ClN3/c1-7-5-8(11)3-4-9(7)10-6-14(2)13-12-10/h3-6H,1-2H3.